The fraction of sp³-hybridized carbons (Fsp3) is 0.350. The van der Waals surface area contributed by atoms with E-state index in [0.717, 1.165) is 37.2 Å². The Morgan fingerprint density at radius 1 is 1.25 bits per heavy atom. The van der Waals surface area contributed by atoms with Crippen LogP contribution in [-0.4, -0.2) is 42.5 Å². The van der Waals surface area contributed by atoms with E-state index in [2.05, 4.69) is 10.2 Å². The van der Waals surface area contributed by atoms with E-state index in [1.54, 1.807) is 7.11 Å². The van der Waals surface area contributed by atoms with Crippen molar-refractivity contribution in [2.75, 3.05) is 26.7 Å². The average Bonchev–Trinajstić information content (AvgIpc) is 3.22. The number of ether oxygens (including phenoxy) is 1. The molecular formula is C20H22ClN3O4. The Morgan fingerprint density at radius 2 is 1.93 bits per heavy atom. The second-order valence-electron chi connectivity index (χ2n) is 6.66. The van der Waals surface area contributed by atoms with Crippen molar-refractivity contribution in [2.45, 2.75) is 18.9 Å². The van der Waals surface area contributed by atoms with Crippen molar-refractivity contribution in [3.8, 4) is 5.75 Å². The molecule has 1 amide bonds. The van der Waals surface area contributed by atoms with Crippen LogP contribution in [-0.2, 0) is 0 Å². The quantitative estimate of drug-likeness (QED) is 0.561. The Bertz CT molecular complexity index is 851. The van der Waals surface area contributed by atoms with Gasteiger partial charge in [-0.2, -0.15) is 0 Å². The van der Waals surface area contributed by atoms with Gasteiger partial charge >= 0.3 is 0 Å². The third-order valence-corrected chi connectivity index (χ3v) is 5.17. The van der Waals surface area contributed by atoms with Gasteiger partial charge in [0.15, 0.2) is 0 Å². The zero-order chi connectivity index (χ0) is 20.1. The van der Waals surface area contributed by atoms with Gasteiger partial charge in [0.2, 0.25) is 0 Å². The lowest BCUT2D eigenvalue weighted by molar-refractivity contribution is -0.385. The van der Waals surface area contributed by atoms with E-state index in [1.807, 2.05) is 24.3 Å². The lowest BCUT2D eigenvalue weighted by Crippen LogP contribution is -2.37. The summed E-state index contributed by atoms with van der Waals surface area (Å²) in [6.45, 7) is 2.24. The number of methoxy groups -OCH3 is 1. The molecule has 0 spiro atoms. The first-order valence-corrected chi connectivity index (χ1v) is 9.47. The maximum atomic E-state index is 12.7. The van der Waals surface area contributed by atoms with E-state index in [4.69, 9.17) is 16.3 Å². The SMILES string of the molecule is COc1ccc(C(CNC(=O)c2cc(Cl)ccc2[N+](=O)[O-])N2CCCC2)cc1. The molecule has 1 aliphatic heterocycles. The van der Waals surface area contributed by atoms with Crippen LogP contribution < -0.4 is 10.1 Å². The molecule has 1 unspecified atom stereocenters. The van der Waals surface area contributed by atoms with Gasteiger partial charge < -0.3 is 10.1 Å². The molecule has 2 aromatic carbocycles. The minimum absolute atomic E-state index is 0.0180. The first-order valence-electron chi connectivity index (χ1n) is 9.09. The molecule has 0 aromatic heterocycles. The molecule has 0 bridgehead atoms. The molecule has 1 fully saturated rings. The van der Waals surface area contributed by atoms with Crippen LogP contribution in [0.25, 0.3) is 0 Å². The van der Waals surface area contributed by atoms with Crippen LogP contribution in [0, 0.1) is 10.1 Å². The molecule has 1 heterocycles. The van der Waals surface area contributed by atoms with E-state index in [0.29, 0.717) is 6.54 Å². The van der Waals surface area contributed by atoms with Crippen molar-refractivity contribution in [3.63, 3.8) is 0 Å². The van der Waals surface area contributed by atoms with Crippen molar-refractivity contribution in [2.24, 2.45) is 0 Å². The number of hydrogen-bond donors (Lipinski definition) is 1. The van der Waals surface area contributed by atoms with Crippen LogP contribution in [0.3, 0.4) is 0 Å². The zero-order valence-corrected chi connectivity index (χ0v) is 16.3. The maximum Gasteiger partial charge on any atom is 0.282 e. The second kappa shape index (κ2) is 9.03. The van der Waals surface area contributed by atoms with E-state index in [9.17, 15) is 14.9 Å². The van der Waals surface area contributed by atoms with Gasteiger partial charge in [0.25, 0.3) is 11.6 Å². The lowest BCUT2D eigenvalue weighted by atomic mass is 10.0. The molecular weight excluding hydrogens is 382 g/mol. The number of carbonyl (C=O) groups is 1. The molecule has 1 saturated heterocycles. The molecule has 8 heteroatoms. The smallest absolute Gasteiger partial charge is 0.282 e. The highest BCUT2D eigenvalue weighted by atomic mass is 35.5. The molecule has 148 valence electrons. The van der Waals surface area contributed by atoms with Gasteiger partial charge in [-0.1, -0.05) is 23.7 Å². The van der Waals surface area contributed by atoms with Crippen LogP contribution in [0.4, 0.5) is 5.69 Å². The highest BCUT2D eigenvalue weighted by molar-refractivity contribution is 6.31. The number of nitrogens with zero attached hydrogens (tertiary/aromatic N) is 2. The van der Waals surface area contributed by atoms with Gasteiger partial charge in [0.1, 0.15) is 11.3 Å². The van der Waals surface area contributed by atoms with Crippen molar-refractivity contribution in [3.05, 3.63) is 68.7 Å². The Hall–Kier alpha value is -2.64. The van der Waals surface area contributed by atoms with Crippen LogP contribution >= 0.6 is 11.6 Å². The molecule has 0 saturated carbocycles. The number of benzene rings is 2. The number of rotatable bonds is 7. The Kier molecular flexibility index (Phi) is 6.49. The Balaban J connectivity index is 1.79. The van der Waals surface area contributed by atoms with E-state index < -0.39 is 10.8 Å². The molecule has 0 aliphatic carbocycles. The van der Waals surface area contributed by atoms with E-state index in [1.165, 1.54) is 18.2 Å². The van der Waals surface area contributed by atoms with Crippen LogP contribution in [0.5, 0.6) is 5.75 Å². The number of nitrogens with one attached hydrogen (secondary N) is 1. The highest BCUT2D eigenvalue weighted by Gasteiger charge is 2.26. The molecule has 28 heavy (non-hydrogen) atoms. The molecule has 1 aliphatic rings. The molecule has 0 radical (unpaired) electrons. The summed E-state index contributed by atoms with van der Waals surface area (Å²) in [4.78, 5) is 25.6. The Labute approximate surface area is 168 Å². The minimum atomic E-state index is -0.577. The van der Waals surface area contributed by atoms with Gasteiger partial charge in [-0.25, -0.2) is 0 Å². The predicted octanol–water partition coefficient (Wildman–Crippen LogP) is 3.82. The van der Waals surface area contributed by atoms with Gasteiger partial charge in [0, 0.05) is 17.6 Å². The summed E-state index contributed by atoms with van der Waals surface area (Å²) in [5.74, 6) is 0.259. The van der Waals surface area contributed by atoms with Gasteiger partial charge in [-0.15, -0.1) is 0 Å². The molecule has 3 rings (SSSR count). The minimum Gasteiger partial charge on any atom is -0.497 e. The van der Waals surface area contributed by atoms with Crippen LogP contribution in [0.2, 0.25) is 5.02 Å². The fourth-order valence-electron chi connectivity index (χ4n) is 3.47. The number of likely N-dealkylation sites (tertiary alicyclic amines) is 1. The summed E-state index contributed by atoms with van der Waals surface area (Å²) >= 11 is 5.93. The monoisotopic (exact) mass is 403 g/mol. The summed E-state index contributed by atoms with van der Waals surface area (Å²) < 4.78 is 5.22. The lowest BCUT2D eigenvalue weighted by Gasteiger charge is -2.28. The molecule has 1 atom stereocenters. The predicted molar refractivity (Wildman–Crippen MR) is 107 cm³/mol. The number of carbonyl (C=O) groups excluding carboxylic acids is 1. The van der Waals surface area contributed by atoms with E-state index in [-0.39, 0.29) is 22.3 Å². The standard InChI is InChI=1S/C20H22ClN3O4/c1-28-16-7-4-14(5-8-16)19(23-10-2-3-11-23)13-22-20(25)17-12-15(21)6-9-18(17)24(26)27/h4-9,12,19H,2-3,10-11,13H2,1H3,(H,22,25). The maximum absolute atomic E-state index is 12.7. The van der Waals surface area contributed by atoms with Crippen molar-refractivity contribution in [1.82, 2.24) is 10.2 Å². The molecule has 1 N–H and O–H groups in total. The van der Waals surface area contributed by atoms with Gasteiger partial charge in [-0.3, -0.25) is 19.8 Å². The number of nitro groups is 1. The van der Waals surface area contributed by atoms with Gasteiger partial charge in [0.05, 0.1) is 18.1 Å². The molecule has 7 nitrogen and oxygen atoms in total. The summed E-state index contributed by atoms with van der Waals surface area (Å²) in [5, 5.41) is 14.4. The first-order chi connectivity index (χ1) is 13.5. The van der Waals surface area contributed by atoms with E-state index >= 15 is 0 Å². The van der Waals surface area contributed by atoms with Crippen LogP contribution in [0.1, 0.15) is 34.8 Å². The normalized spacial score (nSPS) is 15.2. The number of nitro benzene ring substituents is 1. The summed E-state index contributed by atoms with van der Waals surface area (Å²) in [6, 6.07) is 11.7. The number of halogens is 1. The second-order valence-corrected chi connectivity index (χ2v) is 7.10. The Morgan fingerprint density at radius 3 is 2.54 bits per heavy atom. The van der Waals surface area contributed by atoms with Crippen LogP contribution in [0.15, 0.2) is 42.5 Å². The summed E-state index contributed by atoms with van der Waals surface area (Å²) in [7, 11) is 1.62. The third-order valence-electron chi connectivity index (χ3n) is 4.94. The summed E-state index contributed by atoms with van der Waals surface area (Å²) in [5.41, 5.74) is 0.764. The zero-order valence-electron chi connectivity index (χ0n) is 15.6. The number of hydrogen-bond acceptors (Lipinski definition) is 5. The first kappa shape index (κ1) is 20.1. The fourth-order valence-corrected chi connectivity index (χ4v) is 3.64. The van der Waals surface area contributed by atoms with Crippen molar-refractivity contribution < 1.29 is 14.5 Å². The topological polar surface area (TPSA) is 84.7 Å². The molecule has 2 aromatic rings. The number of amides is 1. The average molecular weight is 404 g/mol. The van der Waals surface area contributed by atoms with Crippen molar-refractivity contribution >= 4 is 23.2 Å². The third kappa shape index (κ3) is 4.61. The van der Waals surface area contributed by atoms with Gasteiger partial charge in [-0.05, 0) is 55.8 Å². The van der Waals surface area contributed by atoms with Crippen molar-refractivity contribution in [1.29, 1.82) is 0 Å². The largest absolute Gasteiger partial charge is 0.497 e. The highest BCUT2D eigenvalue weighted by Crippen LogP contribution is 2.27. The summed E-state index contributed by atoms with van der Waals surface area (Å²) in [6.07, 6.45) is 2.22.